The van der Waals surface area contributed by atoms with E-state index >= 15 is 0 Å². The first kappa shape index (κ1) is 26.2. The van der Waals surface area contributed by atoms with E-state index in [1.807, 2.05) is 0 Å². The van der Waals surface area contributed by atoms with E-state index in [9.17, 15) is 22.7 Å². The molecule has 3 aromatic carbocycles. The maximum Gasteiger partial charge on any atom is 0.200 e. The molecule has 6 heteroatoms. The van der Waals surface area contributed by atoms with E-state index in [0.717, 1.165) is 25.7 Å². The lowest BCUT2D eigenvalue weighted by molar-refractivity contribution is 0.199. The molecule has 192 valence electrons. The number of rotatable bonds is 8. The second-order valence-corrected chi connectivity index (χ2v) is 9.67. The van der Waals surface area contributed by atoms with Gasteiger partial charge in [0, 0.05) is 5.56 Å². The second kappa shape index (κ2) is 11.5. The van der Waals surface area contributed by atoms with Crippen molar-refractivity contribution < 1.29 is 27.4 Å². The predicted octanol–water partition coefficient (Wildman–Crippen LogP) is 8.27. The molecule has 1 fully saturated rings. The number of hydrogen-bond donors (Lipinski definition) is 1. The summed E-state index contributed by atoms with van der Waals surface area (Å²) >= 11 is 0. The van der Waals surface area contributed by atoms with Gasteiger partial charge in [-0.05, 0) is 92.5 Å². The fourth-order valence-electron chi connectivity index (χ4n) is 5.20. The van der Waals surface area contributed by atoms with E-state index in [4.69, 9.17) is 4.74 Å². The molecule has 1 N–H and O–H groups in total. The highest BCUT2D eigenvalue weighted by Gasteiger charge is 2.27. The zero-order valence-corrected chi connectivity index (χ0v) is 20.7. The quantitative estimate of drug-likeness (QED) is 0.316. The smallest absolute Gasteiger partial charge is 0.200 e. The molecule has 0 bridgehead atoms. The molecule has 0 radical (unpaired) electrons. The molecule has 1 atom stereocenters. The molecular weight excluding hydrogens is 468 g/mol. The van der Waals surface area contributed by atoms with Crippen LogP contribution in [0.4, 0.5) is 17.6 Å². The van der Waals surface area contributed by atoms with Crippen LogP contribution in [-0.2, 0) is 6.42 Å². The number of aliphatic hydroxyl groups excluding tert-OH is 1. The average Bonchev–Trinajstić information content (AvgIpc) is 2.88. The van der Waals surface area contributed by atoms with Gasteiger partial charge in [0.1, 0.15) is 0 Å². The maximum atomic E-state index is 14.9. The van der Waals surface area contributed by atoms with Crippen LogP contribution in [0.3, 0.4) is 0 Å². The molecule has 0 amide bonds. The molecule has 0 spiro atoms. The molecule has 0 saturated heterocycles. The van der Waals surface area contributed by atoms with Crippen molar-refractivity contribution in [3.63, 3.8) is 0 Å². The largest absolute Gasteiger partial charge is 0.491 e. The van der Waals surface area contributed by atoms with Crippen LogP contribution in [-0.4, -0.2) is 11.7 Å². The topological polar surface area (TPSA) is 29.5 Å². The number of aliphatic hydroxyl groups is 1. The first-order valence-corrected chi connectivity index (χ1v) is 12.7. The monoisotopic (exact) mass is 500 g/mol. The highest BCUT2D eigenvalue weighted by atomic mass is 19.2. The average molecular weight is 501 g/mol. The summed E-state index contributed by atoms with van der Waals surface area (Å²) in [5.41, 5.74) is 2.19. The fraction of sp³-hybridized carbons (Fsp3) is 0.400. The van der Waals surface area contributed by atoms with E-state index in [1.165, 1.54) is 6.07 Å². The van der Waals surface area contributed by atoms with Crippen LogP contribution in [0.15, 0.2) is 48.5 Å². The predicted molar refractivity (Wildman–Crippen MR) is 133 cm³/mol. The lowest BCUT2D eigenvalue weighted by Gasteiger charge is -2.29. The Labute approximate surface area is 209 Å². The molecule has 4 rings (SSSR count). The fourth-order valence-corrected chi connectivity index (χ4v) is 5.20. The number of ether oxygens (including phenoxy) is 1. The van der Waals surface area contributed by atoms with Gasteiger partial charge in [-0.25, -0.2) is 13.2 Å². The third-order valence-electron chi connectivity index (χ3n) is 7.35. The lowest BCUT2D eigenvalue weighted by atomic mass is 9.76. The van der Waals surface area contributed by atoms with E-state index in [2.05, 4.69) is 0 Å². The molecule has 0 aromatic heterocycles. The number of aryl methyl sites for hydroxylation is 1. The van der Waals surface area contributed by atoms with E-state index in [-0.39, 0.29) is 23.8 Å². The van der Waals surface area contributed by atoms with Crippen LogP contribution in [0, 0.1) is 29.2 Å². The number of benzene rings is 3. The summed E-state index contributed by atoms with van der Waals surface area (Å²) in [4.78, 5) is 0. The maximum absolute atomic E-state index is 14.9. The zero-order valence-electron chi connectivity index (χ0n) is 20.7. The Kier molecular flexibility index (Phi) is 8.35. The standard InChI is InChI=1S/C30H32F4O2/c1-3-36-26-17-16-25(29(33)30(26)34)21-7-4-19(5-8-21)6-9-23-14-15-24(28(32)27(23)31)22-12-10-20(11-13-22)18(2)35/h10-19,21,35H,3-9H2,1-2H3. The van der Waals surface area contributed by atoms with Gasteiger partial charge >= 0.3 is 0 Å². The van der Waals surface area contributed by atoms with Gasteiger partial charge in [-0.3, -0.25) is 0 Å². The van der Waals surface area contributed by atoms with Crippen molar-refractivity contribution in [1.82, 2.24) is 0 Å². The highest BCUT2D eigenvalue weighted by molar-refractivity contribution is 5.65. The van der Waals surface area contributed by atoms with Gasteiger partial charge in [-0.1, -0.05) is 42.5 Å². The summed E-state index contributed by atoms with van der Waals surface area (Å²) in [7, 11) is 0. The van der Waals surface area contributed by atoms with Crippen molar-refractivity contribution in [1.29, 1.82) is 0 Å². The summed E-state index contributed by atoms with van der Waals surface area (Å²) in [5.74, 6) is -3.25. The first-order valence-electron chi connectivity index (χ1n) is 12.7. The molecule has 1 aliphatic rings. The van der Waals surface area contributed by atoms with Crippen molar-refractivity contribution in [2.24, 2.45) is 5.92 Å². The summed E-state index contributed by atoms with van der Waals surface area (Å²) in [6, 6.07) is 13.1. The molecule has 0 heterocycles. The molecule has 1 saturated carbocycles. The van der Waals surface area contributed by atoms with Gasteiger partial charge < -0.3 is 9.84 Å². The Morgan fingerprint density at radius 2 is 1.53 bits per heavy atom. The van der Waals surface area contributed by atoms with Crippen LogP contribution >= 0.6 is 0 Å². The van der Waals surface area contributed by atoms with Crippen LogP contribution in [0.25, 0.3) is 11.1 Å². The summed E-state index contributed by atoms with van der Waals surface area (Å²) < 4.78 is 63.7. The van der Waals surface area contributed by atoms with Gasteiger partial charge in [0.15, 0.2) is 23.2 Å². The summed E-state index contributed by atoms with van der Waals surface area (Å²) in [6.07, 6.45) is 3.63. The van der Waals surface area contributed by atoms with Crippen molar-refractivity contribution in [2.75, 3.05) is 6.61 Å². The molecule has 2 nitrogen and oxygen atoms in total. The number of halogens is 4. The molecular formula is C30H32F4O2. The van der Waals surface area contributed by atoms with Crippen LogP contribution in [0.5, 0.6) is 5.75 Å². The van der Waals surface area contributed by atoms with Gasteiger partial charge in [0.25, 0.3) is 0 Å². The molecule has 1 unspecified atom stereocenters. The van der Waals surface area contributed by atoms with Gasteiger partial charge in [-0.15, -0.1) is 0 Å². The Balaban J connectivity index is 1.36. The Morgan fingerprint density at radius 1 is 0.833 bits per heavy atom. The number of hydrogen-bond acceptors (Lipinski definition) is 2. The zero-order chi connectivity index (χ0) is 25.8. The summed E-state index contributed by atoms with van der Waals surface area (Å²) in [6.45, 7) is 3.64. The van der Waals surface area contributed by atoms with Crippen molar-refractivity contribution >= 4 is 0 Å². The van der Waals surface area contributed by atoms with Crippen molar-refractivity contribution in [3.8, 4) is 16.9 Å². The minimum absolute atomic E-state index is 0.0555. The molecule has 3 aromatic rings. The van der Waals surface area contributed by atoms with E-state index in [0.29, 0.717) is 41.0 Å². The minimum Gasteiger partial charge on any atom is -0.491 e. The van der Waals surface area contributed by atoms with Crippen LogP contribution in [0.1, 0.15) is 74.7 Å². The van der Waals surface area contributed by atoms with Gasteiger partial charge in [-0.2, -0.15) is 4.39 Å². The normalized spacial score (nSPS) is 18.8. The summed E-state index contributed by atoms with van der Waals surface area (Å²) in [5, 5.41) is 9.64. The van der Waals surface area contributed by atoms with Gasteiger partial charge in [0.05, 0.1) is 12.7 Å². The van der Waals surface area contributed by atoms with E-state index in [1.54, 1.807) is 56.3 Å². The van der Waals surface area contributed by atoms with Crippen molar-refractivity contribution in [2.45, 2.75) is 64.4 Å². The van der Waals surface area contributed by atoms with Gasteiger partial charge in [0.2, 0.25) is 5.82 Å². The molecule has 1 aliphatic carbocycles. The van der Waals surface area contributed by atoms with Crippen LogP contribution in [0.2, 0.25) is 0 Å². The van der Waals surface area contributed by atoms with Crippen LogP contribution < -0.4 is 4.74 Å². The van der Waals surface area contributed by atoms with E-state index < -0.39 is 29.4 Å². The third kappa shape index (κ3) is 5.59. The minimum atomic E-state index is -0.934. The third-order valence-corrected chi connectivity index (χ3v) is 7.35. The Hall–Kier alpha value is -2.86. The second-order valence-electron chi connectivity index (χ2n) is 9.67. The highest BCUT2D eigenvalue weighted by Crippen LogP contribution is 2.40. The SMILES string of the molecule is CCOc1ccc(C2CCC(CCc3ccc(-c4ccc(C(C)O)cc4)c(F)c3F)CC2)c(F)c1F. The Bertz CT molecular complexity index is 1180. The molecule has 36 heavy (non-hydrogen) atoms. The van der Waals surface area contributed by atoms with Crippen molar-refractivity contribution in [3.05, 3.63) is 88.5 Å². The first-order chi connectivity index (χ1) is 17.3. The Morgan fingerprint density at radius 3 is 2.17 bits per heavy atom. The lowest BCUT2D eigenvalue weighted by Crippen LogP contribution is -2.16. The molecule has 0 aliphatic heterocycles.